The zero-order chi connectivity index (χ0) is 16.1. The molecular formula is C19H22N2O. The van der Waals surface area contributed by atoms with E-state index in [9.17, 15) is 0 Å². The predicted octanol–water partition coefficient (Wildman–Crippen LogP) is 4.28. The van der Waals surface area contributed by atoms with Crippen LogP contribution < -0.4 is 4.74 Å². The Balaban J connectivity index is 2.27. The van der Waals surface area contributed by atoms with E-state index in [1.165, 1.54) is 0 Å². The average molecular weight is 294 g/mol. The molecule has 3 heteroatoms. The second-order valence-corrected chi connectivity index (χ2v) is 5.19. The van der Waals surface area contributed by atoms with Gasteiger partial charge in [-0.2, -0.15) is 0 Å². The van der Waals surface area contributed by atoms with Crippen LogP contribution in [0.1, 0.15) is 25.0 Å². The Kier molecular flexibility index (Phi) is 5.10. The lowest BCUT2D eigenvalue weighted by Crippen LogP contribution is -2.05. The second kappa shape index (κ2) is 7.03. The van der Waals surface area contributed by atoms with Gasteiger partial charge in [0.15, 0.2) is 5.84 Å². The molecule has 0 saturated carbocycles. The minimum Gasteiger partial charge on any atom is -0.496 e. The van der Waals surface area contributed by atoms with Crippen molar-refractivity contribution in [2.75, 3.05) is 13.7 Å². The van der Waals surface area contributed by atoms with Gasteiger partial charge in [-0.25, -0.2) is 4.99 Å². The van der Waals surface area contributed by atoms with Gasteiger partial charge >= 0.3 is 0 Å². The molecule has 1 aromatic carbocycles. The van der Waals surface area contributed by atoms with Gasteiger partial charge in [0.2, 0.25) is 0 Å². The van der Waals surface area contributed by atoms with E-state index in [0.29, 0.717) is 6.54 Å². The highest BCUT2D eigenvalue weighted by Crippen LogP contribution is 2.24. The number of methoxy groups -OCH3 is 1. The fourth-order valence-electron chi connectivity index (χ4n) is 2.32. The number of ether oxygens (including phenoxy) is 1. The fraction of sp³-hybridized carbons (Fsp3) is 0.263. The highest BCUT2D eigenvalue weighted by Gasteiger charge is 2.17. The number of benzene rings is 1. The molecule has 0 saturated heterocycles. The molecule has 1 heterocycles. The predicted molar refractivity (Wildman–Crippen MR) is 94.3 cm³/mol. The largest absolute Gasteiger partial charge is 0.496 e. The number of nitrogens with zero attached hydrogens (tertiary/aromatic N) is 2. The normalized spacial score (nSPS) is 15.0. The average Bonchev–Trinajstić information content (AvgIpc) is 3.01. The Morgan fingerprint density at radius 1 is 1.36 bits per heavy atom. The molecule has 0 radical (unpaired) electrons. The molecule has 1 aromatic rings. The van der Waals surface area contributed by atoms with E-state index in [-0.39, 0.29) is 0 Å². The first-order valence-corrected chi connectivity index (χ1v) is 7.33. The quantitative estimate of drug-likeness (QED) is 0.746. The number of aliphatic imine (C=N–C) groups is 2. The molecule has 0 unspecified atom stereocenters. The van der Waals surface area contributed by atoms with Crippen LogP contribution >= 0.6 is 0 Å². The molecule has 3 nitrogen and oxygen atoms in total. The van der Waals surface area contributed by atoms with Gasteiger partial charge in [-0.3, -0.25) is 4.99 Å². The summed E-state index contributed by atoms with van der Waals surface area (Å²) in [6.45, 7) is 10.7. The summed E-state index contributed by atoms with van der Waals surface area (Å²) < 4.78 is 5.38. The van der Waals surface area contributed by atoms with Crippen molar-refractivity contribution in [3.63, 3.8) is 0 Å². The monoisotopic (exact) mass is 294 g/mol. The molecule has 1 aliphatic heterocycles. The van der Waals surface area contributed by atoms with Crippen LogP contribution in [-0.2, 0) is 0 Å². The van der Waals surface area contributed by atoms with E-state index >= 15 is 0 Å². The minimum absolute atomic E-state index is 0.583. The van der Waals surface area contributed by atoms with Gasteiger partial charge in [0, 0.05) is 16.7 Å². The van der Waals surface area contributed by atoms with Crippen LogP contribution in [0.25, 0.3) is 0 Å². The maximum atomic E-state index is 5.38. The number of allylic oxidation sites excluding steroid dienone is 3. The van der Waals surface area contributed by atoms with Crippen molar-refractivity contribution >= 4 is 11.5 Å². The van der Waals surface area contributed by atoms with Crippen LogP contribution in [0.15, 0.2) is 64.1 Å². The minimum atomic E-state index is 0.583. The molecule has 0 spiro atoms. The van der Waals surface area contributed by atoms with Crippen molar-refractivity contribution in [3.8, 4) is 5.75 Å². The molecule has 22 heavy (non-hydrogen) atoms. The van der Waals surface area contributed by atoms with Gasteiger partial charge in [-0.05, 0) is 32.4 Å². The lowest BCUT2D eigenvalue weighted by atomic mass is 10.0. The van der Waals surface area contributed by atoms with E-state index in [2.05, 4.69) is 22.6 Å². The number of amidine groups is 1. The fourth-order valence-corrected chi connectivity index (χ4v) is 2.32. The Morgan fingerprint density at radius 3 is 2.82 bits per heavy atom. The molecule has 0 amide bonds. The van der Waals surface area contributed by atoms with Crippen molar-refractivity contribution in [2.45, 2.75) is 20.8 Å². The highest BCUT2D eigenvalue weighted by atomic mass is 16.5. The van der Waals surface area contributed by atoms with Crippen LogP contribution in [-0.4, -0.2) is 25.2 Å². The van der Waals surface area contributed by atoms with Crippen molar-refractivity contribution in [1.82, 2.24) is 0 Å². The smallest absolute Gasteiger partial charge is 0.154 e. The van der Waals surface area contributed by atoms with Crippen LogP contribution in [0.3, 0.4) is 0 Å². The Labute approximate surface area is 132 Å². The van der Waals surface area contributed by atoms with Crippen molar-refractivity contribution in [1.29, 1.82) is 0 Å². The third kappa shape index (κ3) is 3.25. The van der Waals surface area contributed by atoms with E-state index in [4.69, 9.17) is 4.74 Å². The summed E-state index contributed by atoms with van der Waals surface area (Å²) in [6.07, 6.45) is 6.00. The SMILES string of the molecule is C=C(C1=NCC(c2cccc(OC)c2C)=N1)/C(C)=C\C=C/C. The van der Waals surface area contributed by atoms with E-state index < -0.39 is 0 Å². The van der Waals surface area contributed by atoms with Crippen molar-refractivity contribution < 1.29 is 4.74 Å². The Morgan fingerprint density at radius 2 is 2.14 bits per heavy atom. The van der Waals surface area contributed by atoms with E-state index in [1.807, 2.05) is 51.1 Å². The van der Waals surface area contributed by atoms with Gasteiger partial charge in [0.1, 0.15) is 5.75 Å². The first-order chi connectivity index (χ1) is 10.6. The zero-order valence-corrected chi connectivity index (χ0v) is 13.7. The lowest BCUT2D eigenvalue weighted by molar-refractivity contribution is 0.411. The summed E-state index contributed by atoms with van der Waals surface area (Å²) in [5.41, 5.74) is 5.08. The summed E-state index contributed by atoms with van der Waals surface area (Å²) in [7, 11) is 1.68. The molecule has 0 N–H and O–H groups in total. The highest BCUT2D eigenvalue weighted by molar-refractivity contribution is 6.18. The van der Waals surface area contributed by atoms with E-state index in [1.54, 1.807) is 7.11 Å². The van der Waals surface area contributed by atoms with Crippen molar-refractivity contribution in [2.24, 2.45) is 9.98 Å². The molecule has 0 aliphatic carbocycles. The van der Waals surface area contributed by atoms with Crippen LogP contribution in [0, 0.1) is 6.92 Å². The second-order valence-electron chi connectivity index (χ2n) is 5.19. The van der Waals surface area contributed by atoms with Gasteiger partial charge in [0.25, 0.3) is 0 Å². The van der Waals surface area contributed by atoms with Gasteiger partial charge in [-0.15, -0.1) is 0 Å². The zero-order valence-electron chi connectivity index (χ0n) is 13.7. The van der Waals surface area contributed by atoms with E-state index in [0.717, 1.165) is 39.6 Å². The number of rotatable bonds is 5. The maximum absolute atomic E-state index is 5.38. The first-order valence-electron chi connectivity index (χ1n) is 7.33. The summed E-state index contributed by atoms with van der Waals surface area (Å²) >= 11 is 0. The lowest BCUT2D eigenvalue weighted by Gasteiger charge is -2.09. The first kappa shape index (κ1) is 16.0. The Bertz CT molecular complexity index is 706. The molecule has 1 aliphatic rings. The molecule has 2 rings (SSSR count). The Hall–Kier alpha value is -2.42. The molecule has 0 bridgehead atoms. The molecular weight excluding hydrogens is 272 g/mol. The third-order valence-corrected chi connectivity index (χ3v) is 3.72. The summed E-state index contributed by atoms with van der Waals surface area (Å²) in [5, 5.41) is 0. The molecule has 114 valence electrons. The van der Waals surface area contributed by atoms with Gasteiger partial charge < -0.3 is 4.74 Å². The maximum Gasteiger partial charge on any atom is 0.154 e. The van der Waals surface area contributed by atoms with Gasteiger partial charge in [-0.1, -0.05) is 36.9 Å². The van der Waals surface area contributed by atoms with Crippen LogP contribution in [0.2, 0.25) is 0 Å². The molecule has 0 fully saturated rings. The molecule has 0 aromatic heterocycles. The molecule has 0 atom stereocenters. The number of hydrogen-bond donors (Lipinski definition) is 0. The standard InChI is InChI=1S/C19H22N2O/c1-6-7-9-13(2)14(3)19-20-12-17(21-19)16-10-8-11-18(22-5)15(16)4/h6-11H,3,12H2,1-2,4-5H3/b7-6-,13-9-. The number of hydrogen-bond acceptors (Lipinski definition) is 3. The topological polar surface area (TPSA) is 34.0 Å². The van der Waals surface area contributed by atoms with Crippen LogP contribution in [0.5, 0.6) is 5.75 Å². The van der Waals surface area contributed by atoms with Crippen LogP contribution in [0.4, 0.5) is 0 Å². The summed E-state index contributed by atoms with van der Waals surface area (Å²) in [6, 6.07) is 5.99. The summed E-state index contributed by atoms with van der Waals surface area (Å²) in [5.74, 6) is 1.59. The summed E-state index contributed by atoms with van der Waals surface area (Å²) in [4.78, 5) is 9.20. The third-order valence-electron chi connectivity index (χ3n) is 3.72. The van der Waals surface area contributed by atoms with Gasteiger partial charge in [0.05, 0.1) is 19.4 Å². The van der Waals surface area contributed by atoms with Crippen molar-refractivity contribution in [3.05, 3.63) is 65.3 Å².